The van der Waals surface area contributed by atoms with Crippen LogP contribution in [0.4, 0.5) is 0 Å². The maximum atomic E-state index is 12.4. The fourth-order valence-electron chi connectivity index (χ4n) is 4.81. The molecule has 1 aliphatic carbocycles. The first-order chi connectivity index (χ1) is 13.0. The molecule has 0 bridgehead atoms. The molecule has 1 amide bonds. The second kappa shape index (κ2) is 6.44. The largest absolute Gasteiger partial charge is 0.347 e. The van der Waals surface area contributed by atoms with E-state index in [4.69, 9.17) is 0 Å². The summed E-state index contributed by atoms with van der Waals surface area (Å²) >= 11 is 0. The minimum absolute atomic E-state index is 0.0558. The van der Waals surface area contributed by atoms with Gasteiger partial charge in [-0.25, -0.2) is 0 Å². The number of likely N-dealkylation sites (tertiary alicyclic amines) is 1. The number of nitrogens with zero attached hydrogens (tertiary/aromatic N) is 4. The Morgan fingerprint density at radius 3 is 2.56 bits per heavy atom. The Bertz CT molecular complexity index is 864. The number of hydrogen-bond donors (Lipinski definition) is 1. The van der Waals surface area contributed by atoms with Crippen molar-refractivity contribution in [3.05, 3.63) is 46.5 Å². The molecule has 0 spiro atoms. The summed E-state index contributed by atoms with van der Waals surface area (Å²) in [6.07, 6.45) is 3.10. The molecule has 5 rings (SSSR count). The van der Waals surface area contributed by atoms with Gasteiger partial charge in [0.15, 0.2) is 0 Å². The molecule has 2 fully saturated rings. The van der Waals surface area contributed by atoms with E-state index >= 15 is 0 Å². The van der Waals surface area contributed by atoms with Gasteiger partial charge in [-0.05, 0) is 44.1 Å². The summed E-state index contributed by atoms with van der Waals surface area (Å²) in [6, 6.07) is 7.17. The zero-order valence-corrected chi connectivity index (χ0v) is 16.1. The summed E-state index contributed by atoms with van der Waals surface area (Å²) in [5.74, 6) is 2.62. The Balaban J connectivity index is 1.28. The molecule has 6 heteroatoms. The van der Waals surface area contributed by atoms with Gasteiger partial charge in [0, 0.05) is 38.6 Å². The Kier molecular flexibility index (Phi) is 4.04. The van der Waals surface area contributed by atoms with Crippen LogP contribution in [-0.2, 0) is 19.5 Å². The zero-order chi connectivity index (χ0) is 18.5. The molecule has 1 saturated carbocycles. The fourth-order valence-corrected chi connectivity index (χ4v) is 4.81. The van der Waals surface area contributed by atoms with E-state index in [-0.39, 0.29) is 5.91 Å². The number of aromatic nitrogens is 3. The van der Waals surface area contributed by atoms with Crippen LogP contribution in [0.5, 0.6) is 0 Å². The zero-order valence-electron chi connectivity index (χ0n) is 16.1. The molecule has 142 valence electrons. The molecule has 1 N–H and O–H groups in total. The van der Waals surface area contributed by atoms with Crippen molar-refractivity contribution < 1.29 is 4.79 Å². The SMILES string of the molecule is Cc1cc(C)cc(CN2C[C@H]3Cc4nnc(C(=O)NC5CC5)n4C[C@@H]3C2)c1. The van der Waals surface area contributed by atoms with Gasteiger partial charge in [-0.15, -0.1) is 10.2 Å². The Labute approximate surface area is 160 Å². The predicted molar refractivity (Wildman–Crippen MR) is 102 cm³/mol. The number of hydrogen-bond acceptors (Lipinski definition) is 4. The molecule has 6 nitrogen and oxygen atoms in total. The van der Waals surface area contributed by atoms with Crippen LogP contribution >= 0.6 is 0 Å². The topological polar surface area (TPSA) is 63.1 Å². The molecular formula is C21H27N5O. The summed E-state index contributed by atoms with van der Waals surface area (Å²) in [5, 5.41) is 11.6. The molecule has 2 aromatic rings. The van der Waals surface area contributed by atoms with Gasteiger partial charge >= 0.3 is 0 Å². The number of aryl methyl sites for hydroxylation is 2. The minimum Gasteiger partial charge on any atom is -0.347 e. The molecule has 2 aliphatic heterocycles. The summed E-state index contributed by atoms with van der Waals surface area (Å²) in [6.45, 7) is 8.39. The van der Waals surface area contributed by atoms with Crippen molar-refractivity contribution in [2.45, 2.75) is 52.2 Å². The summed E-state index contributed by atoms with van der Waals surface area (Å²) in [4.78, 5) is 15.0. The van der Waals surface area contributed by atoms with Gasteiger partial charge in [-0.3, -0.25) is 9.69 Å². The Morgan fingerprint density at radius 2 is 1.81 bits per heavy atom. The van der Waals surface area contributed by atoms with Crippen molar-refractivity contribution in [1.29, 1.82) is 0 Å². The van der Waals surface area contributed by atoms with Crippen LogP contribution in [0.3, 0.4) is 0 Å². The van der Waals surface area contributed by atoms with E-state index in [2.05, 4.69) is 57.0 Å². The number of benzene rings is 1. The first-order valence-corrected chi connectivity index (χ1v) is 10.1. The van der Waals surface area contributed by atoms with Gasteiger partial charge in [0.1, 0.15) is 5.82 Å². The highest BCUT2D eigenvalue weighted by Gasteiger charge is 2.39. The lowest BCUT2D eigenvalue weighted by molar-refractivity contribution is 0.0932. The van der Waals surface area contributed by atoms with Gasteiger partial charge in [0.25, 0.3) is 5.91 Å². The van der Waals surface area contributed by atoms with Crippen molar-refractivity contribution >= 4 is 5.91 Å². The number of amides is 1. The second-order valence-corrected chi connectivity index (χ2v) is 8.71. The van der Waals surface area contributed by atoms with E-state index in [0.29, 0.717) is 23.7 Å². The summed E-state index contributed by atoms with van der Waals surface area (Å²) < 4.78 is 2.07. The highest BCUT2D eigenvalue weighted by atomic mass is 16.2. The van der Waals surface area contributed by atoms with Crippen molar-refractivity contribution in [3.63, 3.8) is 0 Å². The first-order valence-electron chi connectivity index (χ1n) is 10.1. The predicted octanol–water partition coefficient (Wildman–Crippen LogP) is 2.09. The lowest BCUT2D eigenvalue weighted by Gasteiger charge is -2.25. The number of carbonyl (C=O) groups is 1. The van der Waals surface area contributed by atoms with Crippen LogP contribution in [0.25, 0.3) is 0 Å². The number of carbonyl (C=O) groups excluding carboxylic acids is 1. The van der Waals surface area contributed by atoms with E-state index in [1.807, 2.05) is 0 Å². The lowest BCUT2D eigenvalue weighted by atomic mass is 9.89. The smallest absolute Gasteiger partial charge is 0.289 e. The Hall–Kier alpha value is -2.21. The lowest BCUT2D eigenvalue weighted by Crippen LogP contribution is -2.33. The van der Waals surface area contributed by atoms with Crippen LogP contribution in [0, 0.1) is 25.7 Å². The Morgan fingerprint density at radius 1 is 1.07 bits per heavy atom. The van der Waals surface area contributed by atoms with Gasteiger partial charge in [-0.1, -0.05) is 29.3 Å². The average Bonchev–Trinajstić information content (AvgIpc) is 3.18. The average molecular weight is 365 g/mol. The standard InChI is InChI=1S/C21H27N5O/c1-13-5-14(2)7-15(6-13)9-25-10-16-8-19-23-24-20(21(27)22-18-3-4-18)26(19)12-17(16)11-25/h5-7,16-18H,3-4,8-12H2,1-2H3,(H,22,27)/t16-,17+/m1/s1. The fraction of sp³-hybridized carbons (Fsp3) is 0.571. The molecule has 1 aromatic heterocycles. The molecule has 27 heavy (non-hydrogen) atoms. The normalized spacial score (nSPS) is 24.5. The van der Waals surface area contributed by atoms with Crippen molar-refractivity contribution in [1.82, 2.24) is 25.0 Å². The van der Waals surface area contributed by atoms with Crippen molar-refractivity contribution in [2.24, 2.45) is 11.8 Å². The van der Waals surface area contributed by atoms with Crippen LogP contribution in [-0.4, -0.2) is 44.7 Å². The molecule has 3 aliphatic rings. The van der Waals surface area contributed by atoms with Crippen molar-refractivity contribution in [2.75, 3.05) is 13.1 Å². The highest BCUT2D eigenvalue weighted by molar-refractivity contribution is 5.91. The van der Waals surface area contributed by atoms with E-state index in [0.717, 1.165) is 51.3 Å². The summed E-state index contributed by atoms with van der Waals surface area (Å²) in [5.41, 5.74) is 4.06. The van der Waals surface area contributed by atoms with Crippen molar-refractivity contribution in [3.8, 4) is 0 Å². The minimum atomic E-state index is -0.0558. The summed E-state index contributed by atoms with van der Waals surface area (Å²) in [7, 11) is 0. The van der Waals surface area contributed by atoms with E-state index < -0.39 is 0 Å². The van der Waals surface area contributed by atoms with Crippen LogP contribution < -0.4 is 5.32 Å². The highest BCUT2D eigenvalue weighted by Crippen LogP contribution is 2.33. The van der Waals surface area contributed by atoms with Crippen LogP contribution in [0.1, 0.15) is 46.0 Å². The second-order valence-electron chi connectivity index (χ2n) is 8.71. The number of fused-ring (bicyclic) bond motifs is 2. The van der Waals surface area contributed by atoms with Gasteiger partial charge in [0.05, 0.1) is 0 Å². The van der Waals surface area contributed by atoms with Gasteiger partial charge in [0.2, 0.25) is 5.82 Å². The third kappa shape index (κ3) is 3.38. The maximum absolute atomic E-state index is 12.4. The molecular weight excluding hydrogens is 338 g/mol. The third-order valence-corrected chi connectivity index (χ3v) is 6.14. The monoisotopic (exact) mass is 365 g/mol. The van der Waals surface area contributed by atoms with Crippen LogP contribution in [0.15, 0.2) is 18.2 Å². The first kappa shape index (κ1) is 16.9. The van der Waals surface area contributed by atoms with Gasteiger partial charge < -0.3 is 9.88 Å². The number of rotatable bonds is 4. The molecule has 1 saturated heterocycles. The molecule has 0 unspecified atom stereocenters. The third-order valence-electron chi connectivity index (χ3n) is 6.14. The van der Waals surface area contributed by atoms with E-state index in [1.54, 1.807) is 0 Å². The number of nitrogens with one attached hydrogen (secondary N) is 1. The maximum Gasteiger partial charge on any atom is 0.289 e. The van der Waals surface area contributed by atoms with Gasteiger partial charge in [-0.2, -0.15) is 0 Å². The molecule has 1 aromatic carbocycles. The quantitative estimate of drug-likeness (QED) is 0.901. The molecule has 3 heterocycles. The van der Waals surface area contributed by atoms with Crippen LogP contribution in [0.2, 0.25) is 0 Å². The molecule has 0 radical (unpaired) electrons. The van der Waals surface area contributed by atoms with E-state index in [9.17, 15) is 4.79 Å². The van der Waals surface area contributed by atoms with E-state index in [1.165, 1.54) is 16.7 Å². The molecule has 2 atom stereocenters.